The van der Waals surface area contributed by atoms with Gasteiger partial charge in [-0.2, -0.15) is 0 Å². The molecule has 130 valence electrons. The Labute approximate surface area is 149 Å². The van der Waals surface area contributed by atoms with Crippen LogP contribution >= 0.6 is 11.8 Å². The third-order valence-corrected chi connectivity index (χ3v) is 5.74. The van der Waals surface area contributed by atoms with Crippen molar-refractivity contribution in [1.82, 2.24) is 14.8 Å². The fraction of sp³-hybridized carbons (Fsp3) is 0.579. The van der Waals surface area contributed by atoms with E-state index in [-0.39, 0.29) is 0 Å². The van der Waals surface area contributed by atoms with Gasteiger partial charge in [-0.15, -0.1) is 10.2 Å². The van der Waals surface area contributed by atoms with E-state index in [1.165, 1.54) is 43.2 Å². The first-order chi connectivity index (χ1) is 11.6. The first-order valence-electron chi connectivity index (χ1n) is 8.87. The molecule has 5 heteroatoms. The first kappa shape index (κ1) is 17.3. The lowest BCUT2D eigenvalue weighted by molar-refractivity contribution is 0.341. The van der Waals surface area contributed by atoms with Crippen LogP contribution in [-0.2, 0) is 7.05 Å². The van der Waals surface area contributed by atoms with Crippen LogP contribution in [0, 0.1) is 13.8 Å². The van der Waals surface area contributed by atoms with Crippen LogP contribution in [0.1, 0.15) is 55.0 Å². The molecule has 1 heterocycles. The van der Waals surface area contributed by atoms with E-state index in [2.05, 4.69) is 53.9 Å². The Morgan fingerprint density at radius 1 is 1.17 bits per heavy atom. The highest BCUT2D eigenvalue weighted by molar-refractivity contribution is 7.99. The summed E-state index contributed by atoms with van der Waals surface area (Å²) in [5, 5.41) is 9.84. The van der Waals surface area contributed by atoms with E-state index in [0.717, 1.165) is 22.5 Å². The minimum Gasteiger partial charge on any atom is -0.492 e. The molecule has 0 unspecified atom stereocenters. The zero-order chi connectivity index (χ0) is 16.9. The van der Waals surface area contributed by atoms with Crippen LogP contribution in [0.25, 0.3) is 0 Å². The van der Waals surface area contributed by atoms with Crippen molar-refractivity contribution < 1.29 is 4.74 Å². The molecule has 1 aliphatic carbocycles. The molecule has 0 bridgehead atoms. The topological polar surface area (TPSA) is 39.9 Å². The maximum absolute atomic E-state index is 5.92. The molecule has 0 atom stereocenters. The quantitative estimate of drug-likeness (QED) is 0.564. The van der Waals surface area contributed by atoms with Gasteiger partial charge in [-0.05, 0) is 43.9 Å². The lowest BCUT2D eigenvalue weighted by Crippen LogP contribution is -2.10. The fourth-order valence-electron chi connectivity index (χ4n) is 3.32. The van der Waals surface area contributed by atoms with Crippen LogP contribution in [0.4, 0.5) is 0 Å². The van der Waals surface area contributed by atoms with E-state index in [1.807, 2.05) is 0 Å². The van der Waals surface area contributed by atoms with Gasteiger partial charge in [0.2, 0.25) is 0 Å². The molecule has 24 heavy (non-hydrogen) atoms. The number of aryl methyl sites for hydroxylation is 2. The lowest BCUT2D eigenvalue weighted by Gasteiger charge is -2.20. The average molecular weight is 346 g/mol. The van der Waals surface area contributed by atoms with Crippen LogP contribution < -0.4 is 4.74 Å². The SMILES string of the molecule is Cc1ccc(C)c(OCCSc2nnc(C3CCCCC3)n2C)c1. The second kappa shape index (κ2) is 8.06. The van der Waals surface area contributed by atoms with Gasteiger partial charge in [0.25, 0.3) is 0 Å². The van der Waals surface area contributed by atoms with Crippen molar-refractivity contribution in [3.63, 3.8) is 0 Å². The van der Waals surface area contributed by atoms with E-state index in [4.69, 9.17) is 4.74 Å². The molecule has 1 saturated carbocycles. The predicted octanol–water partition coefficient (Wildman–Crippen LogP) is 4.65. The summed E-state index contributed by atoms with van der Waals surface area (Å²) in [6.07, 6.45) is 6.53. The van der Waals surface area contributed by atoms with Crippen LogP contribution in [0.5, 0.6) is 5.75 Å². The summed E-state index contributed by atoms with van der Waals surface area (Å²) in [4.78, 5) is 0. The largest absolute Gasteiger partial charge is 0.492 e. The Bertz CT molecular complexity index is 677. The number of hydrogen-bond acceptors (Lipinski definition) is 4. The summed E-state index contributed by atoms with van der Waals surface area (Å²) in [5.41, 5.74) is 2.41. The van der Waals surface area contributed by atoms with E-state index in [1.54, 1.807) is 11.8 Å². The minimum absolute atomic E-state index is 0.594. The molecular weight excluding hydrogens is 318 g/mol. The van der Waals surface area contributed by atoms with Crippen molar-refractivity contribution >= 4 is 11.8 Å². The summed E-state index contributed by atoms with van der Waals surface area (Å²) < 4.78 is 8.10. The molecule has 0 N–H and O–H groups in total. The van der Waals surface area contributed by atoms with E-state index in [0.29, 0.717) is 12.5 Å². The average Bonchev–Trinajstić information content (AvgIpc) is 2.96. The Morgan fingerprint density at radius 2 is 1.96 bits per heavy atom. The summed E-state index contributed by atoms with van der Waals surface area (Å²) in [6.45, 7) is 4.86. The van der Waals surface area contributed by atoms with Crippen LogP contribution in [0.2, 0.25) is 0 Å². The first-order valence-corrected chi connectivity index (χ1v) is 9.86. The third-order valence-electron chi connectivity index (χ3n) is 4.75. The van der Waals surface area contributed by atoms with Gasteiger partial charge in [-0.25, -0.2) is 0 Å². The molecule has 0 saturated heterocycles. The second-order valence-electron chi connectivity index (χ2n) is 6.70. The molecule has 1 aliphatic rings. The molecule has 1 aromatic heterocycles. The number of benzene rings is 1. The zero-order valence-electron chi connectivity index (χ0n) is 14.9. The molecule has 1 fully saturated rings. The van der Waals surface area contributed by atoms with Gasteiger partial charge < -0.3 is 9.30 Å². The van der Waals surface area contributed by atoms with Gasteiger partial charge in [0.05, 0.1) is 6.61 Å². The van der Waals surface area contributed by atoms with Crippen molar-refractivity contribution in [1.29, 1.82) is 0 Å². The van der Waals surface area contributed by atoms with Gasteiger partial charge in [0, 0.05) is 18.7 Å². The van der Waals surface area contributed by atoms with Crippen LogP contribution in [0.3, 0.4) is 0 Å². The minimum atomic E-state index is 0.594. The maximum atomic E-state index is 5.92. The zero-order valence-corrected chi connectivity index (χ0v) is 15.7. The molecule has 3 rings (SSSR count). The molecule has 0 amide bonds. The fourth-order valence-corrected chi connectivity index (χ4v) is 4.05. The number of rotatable bonds is 6. The Morgan fingerprint density at radius 3 is 2.75 bits per heavy atom. The summed E-state index contributed by atoms with van der Waals surface area (Å²) in [5.74, 6) is 3.62. The van der Waals surface area contributed by atoms with Gasteiger partial charge in [-0.3, -0.25) is 0 Å². The predicted molar refractivity (Wildman–Crippen MR) is 99.0 cm³/mol. The van der Waals surface area contributed by atoms with E-state index >= 15 is 0 Å². The molecule has 1 aromatic carbocycles. The highest BCUT2D eigenvalue weighted by Crippen LogP contribution is 2.32. The van der Waals surface area contributed by atoms with E-state index in [9.17, 15) is 0 Å². The molecule has 0 spiro atoms. The molecular formula is C19H27N3OS. The summed E-state index contributed by atoms with van der Waals surface area (Å²) in [6, 6.07) is 6.32. The highest BCUT2D eigenvalue weighted by Gasteiger charge is 2.21. The van der Waals surface area contributed by atoms with Crippen molar-refractivity contribution in [3.05, 3.63) is 35.2 Å². The van der Waals surface area contributed by atoms with Gasteiger partial charge in [-0.1, -0.05) is 43.2 Å². The molecule has 4 nitrogen and oxygen atoms in total. The normalized spacial score (nSPS) is 15.6. The Kier molecular flexibility index (Phi) is 5.82. The van der Waals surface area contributed by atoms with Crippen molar-refractivity contribution in [2.75, 3.05) is 12.4 Å². The monoisotopic (exact) mass is 345 g/mol. The number of hydrogen-bond donors (Lipinski definition) is 0. The number of ether oxygens (including phenoxy) is 1. The second-order valence-corrected chi connectivity index (χ2v) is 7.76. The van der Waals surface area contributed by atoms with Crippen LogP contribution in [0.15, 0.2) is 23.4 Å². The molecule has 0 radical (unpaired) electrons. The van der Waals surface area contributed by atoms with Gasteiger partial charge >= 0.3 is 0 Å². The van der Waals surface area contributed by atoms with Crippen molar-refractivity contribution in [3.8, 4) is 5.75 Å². The third kappa shape index (κ3) is 4.12. The molecule has 0 aliphatic heterocycles. The van der Waals surface area contributed by atoms with Crippen molar-refractivity contribution in [2.45, 2.75) is 57.0 Å². The van der Waals surface area contributed by atoms with Gasteiger partial charge in [0.1, 0.15) is 11.6 Å². The van der Waals surface area contributed by atoms with Gasteiger partial charge in [0.15, 0.2) is 5.16 Å². The molecule has 2 aromatic rings. The van der Waals surface area contributed by atoms with Crippen LogP contribution in [-0.4, -0.2) is 27.1 Å². The Hall–Kier alpha value is -1.49. The highest BCUT2D eigenvalue weighted by atomic mass is 32.2. The van der Waals surface area contributed by atoms with Crippen molar-refractivity contribution in [2.24, 2.45) is 7.05 Å². The van der Waals surface area contributed by atoms with E-state index < -0.39 is 0 Å². The number of thioether (sulfide) groups is 1. The number of nitrogens with zero attached hydrogens (tertiary/aromatic N) is 3. The Balaban J connectivity index is 1.52. The standard InChI is InChI=1S/C19H27N3OS/c1-14-9-10-15(2)17(13-14)23-11-12-24-19-21-20-18(22(19)3)16-7-5-4-6-8-16/h9-10,13,16H,4-8,11-12H2,1-3H3. The summed E-state index contributed by atoms with van der Waals surface area (Å²) in [7, 11) is 2.10. The number of aromatic nitrogens is 3. The lowest BCUT2D eigenvalue weighted by atomic mass is 9.89. The summed E-state index contributed by atoms with van der Waals surface area (Å²) >= 11 is 1.73. The maximum Gasteiger partial charge on any atom is 0.191 e. The smallest absolute Gasteiger partial charge is 0.191 e.